The molecule has 0 aliphatic carbocycles. The second-order valence-electron chi connectivity index (χ2n) is 8.72. The van der Waals surface area contributed by atoms with Gasteiger partial charge in [-0.05, 0) is 102 Å². The molecule has 0 aliphatic rings. The fourth-order valence-corrected chi connectivity index (χ4v) is 4.18. The molecule has 0 aliphatic heterocycles. The van der Waals surface area contributed by atoms with Crippen LogP contribution in [-0.2, 0) is 31.9 Å². The number of benzene rings is 3. The van der Waals surface area contributed by atoms with Crippen molar-refractivity contribution in [1.82, 2.24) is 0 Å². The second kappa shape index (κ2) is 16.1. The molecule has 3 aromatic carbocycles. The normalized spacial score (nSPS) is 10.3. The third kappa shape index (κ3) is 10.3. The molecule has 0 fully saturated rings. The van der Waals surface area contributed by atoms with Gasteiger partial charge in [-0.1, -0.05) is 37.4 Å². The highest BCUT2D eigenvalue weighted by molar-refractivity contribution is 14.1. The third-order valence-electron chi connectivity index (χ3n) is 5.74. The van der Waals surface area contributed by atoms with Crippen LogP contribution < -0.4 is 9.47 Å². The SMILES string of the molecule is C=CC(=O)OCCCc1ccc(C(=O)Oc2ccc(OC(=O)c3ccc(CCCOC(=O)C=C)cc3)c(I)c2)cc1. The molecular formula is C32H29IO8. The van der Waals surface area contributed by atoms with Gasteiger partial charge in [0.1, 0.15) is 11.5 Å². The van der Waals surface area contributed by atoms with Crippen LogP contribution in [0, 0.1) is 3.57 Å². The molecule has 8 nitrogen and oxygen atoms in total. The lowest BCUT2D eigenvalue weighted by Gasteiger charge is -2.10. The van der Waals surface area contributed by atoms with Gasteiger partial charge in [-0.25, -0.2) is 19.2 Å². The van der Waals surface area contributed by atoms with Crippen LogP contribution in [0.15, 0.2) is 92.0 Å². The van der Waals surface area contributed by atoms with Gasteiger partial charge in [0.25, 0.3) is 0 Å². The van der Waals surface area contributed by atoms with E-state index in [1.807, 2.05) is 46.9 Å². The summed E-state index contributed by atoms with van der Waals surface area (Å²) in [6.07, 6.45) is 4.94. The number of esters is 4. The van der Waals surface area contributed by atoms with E-state index in [4.69, 9.17) is 18.9 Å². The first-order valence-corrected chi connectivity index (χ1v) is 13.9. The van der Waals surface area contributed by atoms with Gasteiger partial charge in [0.2, 0.25) is 0 Å². The van der Waals surface area contributed by atoms with Gasteiger partial charge >= 0.3 is 23.9 Å². The molecule has 3 aromatic rings. The van der Waals surface area contributed by atoms with E-state index in [9.17, 15) is 19.2 Å². The maximum absolute atomic E-state index is 12.6. The lowest BCUT2D eigenvalue weighted by Crippen LogP contribution is -2.11. The summed E-state index contributed by atoms with van der Waals surface area (Å²) in [5.74, 6) is -1.28. The molecule has 0 heterocycles. The number of carbonyl (C=O) groups is 4. The average molecular weight is 668 g/mol. The van der Waals surface area contributed by atoms with E-state index >= 15 is 0 Å². The van der Waals surface area contributed by atoms with Gasteiger partial charge in [-0.3, -0.25) is 0 Å². The van der Waals surface area contributed by atoms with E-state index < -0.39 is 23.9 Å². The largest absolute Gasteiger partial charge is 0.463 e. The molecule has 212 valence electrons. The van der Waals surface area contributed by atoms with Crippen LogP contribution in [0.5, 0.6) is 11.5 Å². The quantitative estimate of drug-likeness (QED) is 0.0673. The lowest BCUT2D eigenvalue weighted by atomic mass is 10.1. The highest BCUT2D eigenvalue weighted by Crippen LogP contribution is 2.27. The van der Waals surface area contributed by atoms with Crippen LogP contribution in [0.2, 0.25) is 0 Å². The van der Waals surface area contributed by atoms with Crippen LogP contribution in [0.3, 0.4) is 0 Å². The van der Waals surface area contributed by atoms with Crippen LogP contribution in [0.1, 0.15) is 44.7 Å². The molecular weight excluding hydrogens is 639 g/mol. The second-order valence-corrected chi connectivity index (χ2v) is 9.88. The highest BCUT2D eigenvalue weighted by atomic mass is 127. The van der Waals surface area contributed by atoms with Crippen molar-refractivity contribution < 1.29 is 38.1 Å². The molecule has 0 atom stereocenters. The van der Waals surface area contributed by atoms with Crippen molar-refractivity contribution in [2.45, 2.75) is 25.7 Å². The fourth-order valence-electron chi connectivity index (χ4n) is 3.58. The Morgan fingerprint density at radius 2 is 1.12 bits per heavy atom. The Balaban J connectivity index is 1.49. The van der Waals surface area contributed by atoms with Crippen LogP contribution in [-0.4, -0.2) is 37.1 Å². The number of ether oxygens (including phenoxy) is 4. The molecule has 0 aromatic heterocycles. The zero-order valence-corrected chi connectivity index (χ0v) is 24.5. The molecule has 41 heavy (non-hydrogen) atoms. The predicted molar refractivity (Wildman–Crippen MR) is 161 cm³/mol. The van der Waals surface area contributed by atoms with E-state index in [1.165, 1.54) is 0 Å². The maximum Gasteiger partial charge on any atom is 0.343 e. The molecule has 0 saturated heterocycles. The smallest absolute Gasteiger partial charge is 0.343 e. The van der Waals surface area contributed by atoms with Gasteiger partial charge < -0.3 is 18.9 Å². The Kier molecular flexibility index (Phi) is 12.3. The van der Waals surface area contributed by atoms with Crippen LogP contribution in [0.4, 0.5) is 0 Å². The van der Waals surface area contributed by atoms with Gasteiger partial charge in [0.15, 0.2) is 0 Å². The van der Waals surface area contributed by atoms with Crippen molar-refractivity contribution in [2.24, 2.45) is 0 Å². The summed E-state index contributed by atoms with van der Waals surface area (Å²) >= 11 is 2.01. The lowest BCUT2D eigenvalue weighted by molar-refractivity contribution is -0.138. The van der Waals surface area contributed by atoms with Crippen LogP contribution in [0.25, 0.3) is 0 Å². The van der Waals surface area contributed by atoms with Crippen molar-refractivity contribution in [3.63, 3.8) is 0 Å². The molecule has 0 N–H and O–H groups in total. The molecule has 0 amide bonds. The number of hydrogen-bond acceptors (Lipinski definition) is 8. The molecule has 9 heteroatoms. The summed E-state index contributed by atoms with van der Waals surface area (Å²) in [6, 6.07) is 18.8. The number of hydrogen-bond donors (Lipinski definition) is 0. The van der Waals surface area contributed by atoms with Gasteiger partial charge in [0.05, 0.1) is 27.9 Å². The van der Waals surface area contributed by atoms with Crippen molar-refractivity contribution in [3.05, 3.63) is 118 Å². The number of carbonyl (C=O) groups excluding carboxylic acids is 4. The van der Waals surface area contributed by atoms with Crippen molar-refractivity contribution >= 4 is 46.5 Å². The Labute approximate surface area is 252 Å². The summed E-state index contributed by atoms with van der Waals surface area (Å²) in [7, 11) is 0. The van der Waals surface area contributed by atoms with E-state index in [2.05, 4.69) is 13.2 Å². The van der Waals surface area contributed by atoms with E-state index in [-0.39, 0.29) is 0 Å². The van der Waals surface area contributed by atoms with Gasteiger partial charge in [0, 0.05) is 12.2 Å². The van der Waals surface area contributed by atoms with Crippen molar-refractivity contribution in [1.29, 1.82) is 0 Å². The summed E-state index contributed by atoms with van der Waals surface area (Å²) in [5.41, 5.74) is 2.77. The fraction of sp³-hybridized carbons (Fsp3) is 0.188. The van der Waals surface area contributed by atoms with Crippen molar-refractivity contribution in [2.75, 3.05) is 13.2 Å². The molecule has 0 bridgehead atoms. The molecule has 3 rings (SSSR count). The number of halogens is 1. The molecule has 0 unspecified atom stereocenters. The Bertz CT molecular complexity index is 1390. The summed E-state index contributed by atoms with van der Waals surface area (Å²) in [5, 5.41) is 0. The highest BCUT2D eigenvalue weighted by Gasteiger charge is 2.14. The zero-order chi connectivity index (χ0) is 29.6. The van der Waals surface area contributed by atoms with E-state index in [0.717, 1.165) is 23.3 Å². The first-order chi connectivity index (χ1) is 19.8. The van der Waals surface area contributed by atoms with Crippen LogP contribution >= 0.6 is 22.6 Å². The number of rotatable bonds is 14. The first kappa shape index (κ1) is 31.3. The standard InChI is InChI=1S/C32H29IO8/c1-3-29(34)38-19-5-7-22-9-13-24(14-10-22)31(36)40-26-17-18-28(27(33)21-26)41-32(37)25-15-11-23(12-16-25)8-6-20-39-30(35)4-2/h3-4,9-18,21H,1-2,5-8,19-20H2. The van der Waals surface area contributed by atoms with Gasteiger partial charge in [-0.2, -0.15) is 0 Å². The van der Waals surface area contributed by atoms with E-state index in [1.54, 1.807) is 42.5 Å². The minimum Gasteiger partial charge on any atom is -0.463 e. The van der Waals surface area contributed by atoms with Crippen molar-refractivity contribution in [3.8, 4) is 11.5 Å². The number of aryl methyl sites for hydroxylation is 2. The Morgan fingerprint density at radius 3 is 1.56 bits per heavy atom. The molecule has 0 spiro atoms. The zero-order valence-electron chi connectivity index (χ0n) is 22.3. The minimum atomic E-state index is -0.518. The summed E-state index contributed by atoms with van der Waals surface area (Å²) in [4.78, 5) is 47.4. The van der Waals surface area contributed by atoms with Gasteiger partial charge in [-0.15, -0.1) is 0 Å². The predicted octanol–water partition coefficient (Wildman–Crippen LogP) is 6.05. The molecule has 0 radical (unpaired) electrons. The Morgan fingerprint density at radius 1 is 0.659 bits per heavy atom. The third-order valence-corrected chi connectivity index (χ3v) is 6.58. The summed E-state index contributed by atoms with van der Waals surface area (Å²) in [6.45, 7) is 7.29. The topological polar surface area (TPSA) is 105 Å². The maximum atomic E-state index is 12.6. The Hall–Kier alpha value is -4.25. The summed E-state index contributed by atoms with van der Waals surface area (Å²) < 4.78 is 21.5. The average Bonchev–Trinajstić information content (AvgIpc) is 2.99. The van der Waals surface area contributed by atoms with E-state index in [0.29, 0.717) is 65.1 Å². The molecule has 0 saturated carbocycles. The monoisotopic (exact) mass is 668 g/mol. The first-order valence-electron chi connectivity index (χ1n) is 12.8. The minimum absolute atomic E-state index is 0.294.